The molecular weight excluding hydrogens is 499 g/mol. The standard InChI is InChI=1S/C22H20Cl2N6O3S/c23-17-7-6-16(12-18(17)24)34(32,33)29-10-8-15(9-11-29)20-25-21-19(22(31)26-20)27-28-30(21)13-14-4-2-1-3-5-14/h1-7,12,15H,8-11,13H2,(H,25,26,31). The molecule has 0 amide bonds. The third-order valence-electron chi connectivity index (χ3n) is 5.94. The Morgan fingerprint density at radius 1 is 1.03 bits per heavy atom. The Hall–Kier alpha value is -2.79. The summed E-state index contributed by atoms with van der Waals surface area (Å²) in [5, 5.41) is 8.58. The first kappa shape index (κ1) is 23.0. The predicted molar refractivity (Wildman–Crippen MR) is 129 cm³/mol. The van der Waals surface area contributed by atoms with Crippen LogP contribution in [0.25, 0.3) is 11.2 Å². The topological polar surface area (TPSA) is 114 Å². The van der Waals surface area contributed by atoms with E-state index in [-0.39, 0.29) is 40.0 Å². The van der Waals surface area contributed by atoms with Crippen molar-refractivity contribution in [2.24, 2.45) is 0 Å². The van der Waals surface area contributed by atoms with Crippen molar-refractivity contribution in [3.63, 3.8) is 0 Å². The zero-order valence-electron chi connectivity index (χ0n) is 17.9. The largest absolute Gasteiger partial charge is 0.308 e. The smallest absolute Gasteiger partial charge is 0.281 e. The highest BCUT2D eigenvalue weighted by atomic mass is 35.5. The molecule has 4 aromatic rings. The Morgan fingerprint density at radius 2 is 1.76 bits per heavy atom. The first-order valence-corrected chi connectivity index (χ1v) is 12.8. The van der Waals surface area contributed by atoms with Gasteiger partial charge in [-0.15, -0.1) is 5.10 Å². The van der Waals surface area contributed by atoms with Gasteiger partial charge in [0.15, 0.2) is 11.2 Å². The van der Waals surface area contributed by atoms with Gasteiger partial charge in [-0.1, -0.05) is 58.7 Å². The number of nitrogens with zero attached hydrogens (tertiary/aromatic N) is 5. The van der Waals surface area contributed by atoms with Gasteiger partial charge in [0.25, 0.3) is 5.56 Å². The van der Waals surface area contributed by atoms with Crippen molar-refractivity contribution in [2.75, 3.05) is 13.1 Å². The van der Waals surface area contributed by atoms with Crippen LogP contribution in [0, 0.1) is 0 Å². The highest BCUT2D eigenvalue weighted by Crippen LogP contribution is 2.31. The average Bonchev–Trinajstić information content (AvgIpc) is 3.24. The van der Waals surface area contributed by atoms with Crippen molar-refractivity contribution in [3.05, 3.63) is 80.3 Å². The van der Waals surface area contributed by atoms with Crippen molar-refractivity contribution < 1.29 is 8.42 Å². The maximum atomic E-state index is 13.0. The lowest BCUT2D eigenvalue weighted by molar-refractivity contribution is 0.313. The fourth-order valence-electron chi connectivity index (χ4n) is 4.10. The van der Waals surface area contributed by atoms with Crippen LogP contribution in [-0.4, -0.2) is 50.8 Å². The lowest BCUT2D eigenvalue weighted by atomic mass is 9.97. The number of hydrogen-bond donors (Lipinski definition) is 1. The van der Waals surface area contributed by atoms with E-state index in [0.717, 1.165) is 5.56 Å². The van der Waals surface area contributed by atoms with E-state index in [0.29, 0.717) is 35.9 Å². The lowest BCUT2D eigenvalue weighted by Crippen LogP contribution is -2.38. The van der Waals surface area contributed by atoms with Crippen LogP contribution in [-0.2, 0) is 16.6 Å². The first-order valence-electron chi connectivity index (χ1n) is 10.7. The zero-order valence-corrected chi connectivity index (χ0v) is 20.2. The molecule has 5 rings (SSSR count). The molecule has 1 N–H and O–H groups in total. The molecule has 0 atom stereocenters. The molecule has 176 valence electrons. The van der Waals surface area contributed by atoms with Gasteiger partial charge in [-0.25, -0.2) is 18.1 Å². The van der Waals surface area contributed by atoms with Crippen molar-refractivity contribution in [1.29, 1.82) is 0 Å². The number of aromatic amines is 1. The van der Waals surface area contributed by atoms with Crippen LogP contribution >= 0.6 is 23.2 Å². The molecule has 0 aliphatic carbocycles. The number of sulfonamides is 1. The second-order valence-corrected chi connectivity index (χ2v) is 10.9. The fourth-order valence-corrected chi connectivity index (χ4v) is 5.95. The first-order chi connectivity index (χ1) is 16.3. The van der Waals surface area contributed by atoms with E-state index >= 15 is 0 Å². The van der Waals surface area contributed by atoms with Gasteiger partial charge < -0.3 is 4.98 Å². The Balaban J connectivity index is 1.37. The number of aromatic nitrogens is 5. The van der Waals surface area contributed by atoms with Crippen LogP contribution in [0.3, 0.4) is 0 Å². The summed E-state index contributed by atoms with van der Waals surface area (Å²) in [7, 11) is -3.71. The SMILES string of the molecule is O=c1[nH]c(C2CCN(S(=O)(=O)c3ccc(Cl)c(Cl)c3)CC2)nc2c1nnn2Cc1ccccc1. The summed E-state index contributed by atoms with van der Waals surface area (Å²) in [5.41, 5.74) is 1.25. The molecule has 3 heterocycles. The maximum Gasteiger partial charge on any atom is 0.281 e. The molecule has 0 bridgehead atoms. The number of rotatable bonds is 5. The van der Waals surface area contributed by atoms with Crippen LogP contribution in [0.2, 0.25) is 10.0 Å². The van der Waals surface area contributed by atoms with E-state index in [1.165, 1.54) is 22.5 Å². The van der Waals surface area contributed by atoms with Gasteiger partial charge in [-0.2, -0.15) is 4.31 Å². The minimum Gasteiger partial charge on any atom is -0.308 e. The van der Waals surface area contributed by atoms with Gasteiger partial charge in [-0.3, -0.25) is 4.79 Å². The molecule has 34 heavy (non-hydrogen) atoms. The van der Waals surface area contributed by atoms with Gasteiger partial charge in [-0.05, 0) is 36.6 Å². The molecule has 0 spiro atoms. The molecule has 2 aromatic carbocycles. The Kier molecular flexibility index (Phi) is 6.15. The van der Waals surface area contributed by atoms with E-state index in [9.17, 15) is 13.2 Å². The summed E-state index contributed by atoms with van der Waals surface area (Å²) in [5.74, 6) is 0.415. The Morgan fingerprint density at radius 3 is 2.47 bits per heavy atom. The molecule has 1 aliphatic heterocycles. The predicted octanol–water partition coefficient (Wildman–Crippen LogP) is 3.44. The van der Waals surface area contributed by atoms with Crippen molar-refractivity contribution in [3.8, 4) is 0 Å². The Labute approximate surface area is 205 Å². The van der Waals surface area contributed by atoms with E-state index < -0.39 is 10.0 Å². The lowest BCUT2D eigenvalue weighted by Gasteiger charge is -2.30. The number of halogens is 2. The number of H-pyrrole nitrogens is 1. The fraction of sp³-hybridized carbons (Fsp3) is 0.273. The van der Waals surface area contributed by atoms with Crippen molar-refractivity contribution >= 4 is 44.4 Å². The summed E-state index contributed by atoms with van der Waals surface area (Å²) in [6, 6.07) is 14.0. The molecule has 0 unspecified atom stereocenters. The second kappa shape index (κ2) is 9.10. The number of fused-ring (bicyclic) bond motifs is 1. The molecule has 1 saturated heterocycles. The molecular formula is C22H20Cl2N6O3S. The number of hydrogen-bond acceptors (Lipinski definition) is 6. The molecule has 2 aromatic heterocycles. The number of nitrogens with one attached hydrogen (secondary N) is 1. The molecule has 1 aliphatic rings. The summed E-state index contributed by atoms with van der Waals surface area (Å²) >= 11 is 11.9. The minimum atomic E-state index is -3.71. The number of benzene rings is 2. The van der Waals surface area contributed by atoms with Crippen molar-refractivity contribution in [1.82, 2.24) is 29.3 Å². The van der Waals surface area contributed by atoms with Gasteiger partial charge in [0, 0.05) is 19.0 Å². The van der Waals surface area contributed by atoms with Crippen LogP contribution < -0.4 is 5.56 Å². The third-order valence-corrected chi connectivity index (χ3v) is 8.57. The summed E-state index contributed by atoms with van der Waals surface area (Å²) in [4.78, 5) is 20.2. The van der Waals surface area contributed by atoms with Crippen LogP contribution in [0.15, 0.2) is 58.2 Å². The average molecular weight is 519 g/mol. The monoisotopic (exact) mass is 518 g/mol. The van der Waals surface area contributed by atoms with Crippen LogP contribution in [0.5, 0.6) is 0 Å². The third kappa shape index (κ3) is 4.34. The summed E-state index contributed by atoms with van der Waals surface area (Å²) < 4.78 is 29.1. The van der Waals surface area contributed by atoms with Gasteiger partial charge in [0.1, 0.15) is 5.82 Å². The minimum absolute atomic E-state index is 0.0996. The number of piperidine rings is 1. The van der Waals surface area contributed by atoms with Crippen molar-refractivity contribution in [2.45, 2.75) is 30.2 Å². The van der Waals surface area contributed by atoms with Gasteiger partial charge in [0.05, 0.1) is 21.5 Å². The molecule has 1 fully saturated rings. The summed E-state index contributed by atoms with van der Waals surface area (Å²) in [6.45, 7) is 1.01. The molecule has 0 saturated carbocycles. The van der Waals surface area contributed by atoms with Gasteiger partial charge in [0.2, 0.25) is 10.0 Å². The second-order valence-electron chi connectivity index (χ2n) is 8.11. The van der Waals surface area contributed by atoms with E-state index in [1.807, 2.05) is 30.3 Å². The quantitative estimate of drug-likeness (QED) is 0.432. The molecule has 0 radical (unpaired) electrons. The summed E-state index contributed by atoms with van der Waals surface area (Å²) in [6.07, 6.45) is 1.02. The van der Waals surface area contributed by atoms with Crippen LogP contribution in [0.1, 0.15) is 30.1 Å². The van der Waals surface area contributed by atoms with Crippen LogP contribution in [0.4, 0.5) is 0 Å². The normalized spacial score (nSPS) is 15.7. The van der Waals surface area contributed by atoms with E-state index in [4.69, 9.17) is 23.2 Å². The zero-order chi connectivity index (χ0) is 23.9. The van der Waals surface area contributed by atoms with Gasteiger partial charge >= 0.3 is 0 Å². The highest BCUT2D eigenvalue weighted by Gasteiger charge is 2.31. The Bertz CT molecular complexity index is 1510. The van der Waals surface area contributed by atoms with E-state index in [1.54, 1.807) is 4.68 Å². The molecule has 12 heteroatoms. The maximum absolute atomic E-state index is 13.0. The van der Waals surface area contributed by atoms with E-state index in [2.05, 4.69) is 20.3 Å². The molecule has 9 nitrogen and oxygen atoms in total. The highest BCUT2D eigenvalue weighted by molar-refractivity contribution is 7.89.